The lowest BCUT2D eigenvalue weighted by Crippen LogP contribution is -1.73. The van der Waals surface area contributed by atoms with E-state index in [0.717, 1.165) is 12.8 Å². The van der Waals surface area contributed by atoms with Crippen molar-refractivity contribution in [3.63, 3.8) is 0 Å². The maximum absolute atomic E-state index is 10.2. The molecule has 0 aromatic heterocycles. The number of aldehydes is 1. The van der Waals surface area contributed by atoms with Gasteiger partial charge >= 0.3 is 0 Å². The molecule has 0 rings (SSSR count). The molecule has 64 valence electrons. The first-order valence-electron chi connectivity index (χ1n) is 4.91. The molecule has 0 amide bonds. The minimum Gasteiger partial charge on any atom is -0.303 e. The predicted molar refractivity (Wildman–Crippen MR) is 48.6 cm³/mol. The average molecular weight is 156 g/mol. The molecule has 1 heteroatoms. The number of carbonyl (C=O) groups is 1. The number of allylic oxidation sites excluding steroid dienone is 2. The Hall–Kier alpha value is -0.590. The molecule has 0 heterocycles. The Balaban J connectivity index is 3.09. The van der Waals surface area contributed by atoms with Crippen LogP contribution in [0.5, 0.6) is 0 Å². The zero-order chi connectivity index (χ0) is 9.23. The van der Waals surface area contributed by atoms with E-state index < -0.39 is 6.26 Å². The number of hydrogen-bond donors (Lipinski definition) is 0. The molecular weight excluding hydrogens is 136 g/mol. The monoisotopic (exact) mass is 156 g/mol. The summed E-state index contributed by atoms with van der Waals surface area (Å²) in [7, 11) is 0. The molecule has 0 unspecified atom stereocenters. The van der Waals surface area contributed by atoms with Crippen LogP contribution in [-0.2, 0) is 4.79 Å². The zero-order valence-corrected chi connectivity index (χ0v) is 7.31. The van der Waals surface area contributed by atoms with E-state index in [1.165, 1.54) is 19.3 Å². The molecule has 0 atom stereocenters. The van der Waals surface area contributed by atoms with Crippen LogP contribution in [0.1, 0.15) is 46.8 Å². The fourth-order valence-corrected chi connectivity index (χ4v) is 0.890. The largest absolute Gasteiger partial charge is 0.303 e. The summed E-state index contributed by atoms with van der Waals surface area (Å²) in [5.41, 5.74) is 0. The summed E-state index contributed by atoms with van der Waals surface area (Å²) in [6.45, 7) is 2.18. The molecule has 0 bridgehead atoms. The highest BCUT2D eigenvalue weighted by Crippen LogP contribution is 2.00. The number of unbranched alkanes of at least 4 members (excludes halogenated alkanes) is 3. The second-order valence-electron chi connectivity index (χ2n) is 2.65. The normalized spacial score (nSPS) is 11.9. The van der Waals surface area contributed by atoms with Crippen molar-refractivity contribution >= 4 is 6.26 Å². The van der Waals surface area contributed by atoms with Crippen molar-refractivity contribution in [2.75, 3.05) is 0 Å². The number of rotatable bonds is 7. The van der Waals surface area contributed by atoms with Crippen molar-refractivity contribution in [1.29, 1.82) is 0 Å². The van der Waals surface area contributed by atoms with Gasteiger partial charge in [0.15, 0.2) is 0 Å². The van der Waals surface area contributed by atoms with Crippen LogP contribution in [0.3, 0.4) is 0 Å². The molecule has 0 N–H and O–H groups in total. The molecule has 0 aliphatic heterocycles. The van der Waals surface area contributed by atoms with E-state index >= 15 is 0 Å². The Morgan fingerprint density at radius 3 is 2.55 bits per heavy atom. The fraction of sp³-hybridized carbons (Fsp3) is 0.700. The molecule has 11 heavy (non-hydrogen) atoms. The summed E-state index contributed by atoms with van der Waals surface area (Å²) in [6, 6.07) is 0. The zero-order valence-electron chi connectivity index (χ0n) is 8.31. The first-order chi connectivity index (χ1) is 5.77. The first-order valence-corrected chi connectivity index (χ1v) is 4.41. The third-order valence-electron chi connectivity index (χ3n) is 1.55. The molecule has 0 aliphatic carbocycles. The maximum Gasteiger partial charge on any atom is 0.120 e. The van der Waals surface area contributed by atoms with E-state index in [1.54, 1.807) is 0 Å². The van der Waals surface area contributed by atoms with E-state index in [0.29, 0.717) is 6.42 Å². The molecule has 0 spiro atoms. The lowest BCUT2D eigenvalue weighted by molar-refractivity contribution is -0.107. The molecule has 0 saturated carbocycles. The van der Waals surface area contributed by atoms with E-state index in [9.17, 15) is 4.79 Å². The highest BCUT2D eigenvalue weighted by molar-refractivity contribution is 5.49. The highest BCUT2D eigenvalue weighted by atomic mass is 16.1. The van der Waals surface area contributed by atoms with Crippen LogP contribution in [0.4, 0.5) is 0 Å². The minimum atomic E-state index is -0.465. The van der Waals surface area contributed by atoms with Gasteiger partial charge in [0.1, 0.15) is 7.63 Å². The Bertz CT molecular complexity index is 141. The molecule has 0 aliphatic rings. The smallest absolute Gasteiger partial charge is 0.120 e. The molecular formula is C10H18O. The van der Waals surface area contributed by atoms with Crippen LogP contribution >= 0.6 is 0 Å². The van der Waals surface area contributed by atoms with Crippen LogP contribution in [0, 0.1) is 0 Å². The molecule has 0 aromatic carbocycles. The standard InChI is InChI=1S/C10H18O/c1-2-3-4-5-6-7-8-9-10-11/h6-7,10H,2-5,8-9H2,1H3/b7-6+/i10T. The van der Waals surface area contributed by atoms with Crippen molar-refractivity contribution in [3.8, 4) is 0 Å². The van der Waals surface area contributed by atoms with Gasteiger partial charge in [-0.25, -0.2) is 0 Å². The third-order valence-corrected chi connectivity index (χ3v) is 1.55. The number of hydrogen-bond acceptors (Lipinski definition) is 1. The van der Waals surface area contributed by atoms with Crippen LogP contribution < -0.4 is 0 Å². The molecule has 0 aromatic rings. The second-order valence-corrected chi connectivity index (χ2v) is 2.65. The Labute approximate surface area is 70.9 Å². The van der Waals surface area contributed by atoms with Gasteiger partial charge in [0.25, 0.3) is 0 Å². The van der Waals surface area contributed by atoms with E-state index in [-0.39, 0.29) is 0 Å². The van der Waals surface area contributed by atoms with Crippen molar-refractivity contribution in [2.45, 2.75) is 45.4 Å². The summed E-state index contributed by atoms with van der Waals surface area (Å²) < 4.78 is 6.65. The quantitative estimate of drug-likeness (QED) is 0.314. The van der Waals surface area contributed by atoms with Gasteiger partial charge in [0, 0.05) is 6.42 Å². The fourth-order valence-electron chi connectivity index (χ4n) is 0.890. The van der Waals surface area contributed by atoms with E-state index in [1.807, 2.05) is 6.08 Å². The summed E-state index contributed by atoms with van der Waals surface area (Å²) in [5.74, 6) is 0. The van der Waals surface area contributed by atoms with Crippen molar-refractivity contribution in [3.05, 3.63) is 12.2 Å². The van der Waals surface area contributed by atoms with Gasteiger partial charge in [-0.3, -0.25) is 0 Å². The lowest BCUT2D eigenvalue weighted by atomic mass is 10.2. The second kappa shape index (κ2) is 9.41. The molecule has 0 fully saturated rings. The van der Waals surface area contributed by atoms with Gasteiger partial charge in [-0.05, 0) is 19.3 Å². The summed E-state index contributed by atoms with van der Waals surface area (Å²) in [4.78, 5) is 10.2. The topological polar surface area (TPSA) is 17.1 Å². The van der Waals surface area contributed by atoms with E-state index in [4.69, 9.17) is 1.37 Å². The predicted octanol–water partition coefficient (Wildman–Crippen LogP) is 3.10. The van der Waals surface area contributed by atoms with Gasteiger partial charge in [-0.1, -0.05) is 31.9 Å². The van der Waals surface area contributed by atoms with Gasteiger partial charge in [-0.15, -0.1) is 0 Å². The lowest BCUT2D eigenvalue weighted by Gasteiger charge is -1.90. The highest BCUT2D eigenvalue weighted by Gasteiger charge is 1.81. The van der Waals surface area contributed by atoms with Crippen molar-refractivity contribution in [1.82, 2.24) is 0 Å². The van der Waals surface area contributed by atoms with Crippen molar-refractivity contribution < 1.29 is 6.17 Å². The summed E-state index contributed by atoms with van der Waals surface area (Å²) in [5, 5.41) is 0. The molecule has 0 radical (unpaired) electrons. The van der Waals surface area contributed by atoms with E-state index in [2.05, 4.69) is 13.0 Å². The Kier molecular flexibility index (Phi) is 7.28. The summed E-state index contributed by atoms with van der Waals surface area (Å²) >= 11 is 0. The Morgan fingerprint density at radius 1 is 1.18 bits per heavy atom. The van der Waals surface area contributed by atoms with Crippen LogP contribution in [0.25, 0.3) is 0 Å². The van der Waals surface area contributed by atoms with Crippen LogP contribution in [0.2, 0.25) is 0 Å². The van der Waals surface area contributed by atoms with Crippen molar-refractivity contribution in [2.24, 2.45) is 0 Å². The van der Waals surface area contributed by atoms with Gasteiger partial charge < -0.3 is 4.79 Å². The Morgan fingerprint density at radius 2 is 1.91 bits per heavy atom. The molecule has 1 nitrogen and oxygen atoms in total. The third kappa shape index (κ3) is 9.41. The van der Waals surface area contributed by atoms with Gasteiger partial charge in [-0.2, -0.15) is 0 Å². The van der Waals surface area contributed by atoms with Gasteiger partial charge in [0.2, 0.25) is 0 Å². The molecule has 0 saturated heterocycles. The first kappa shape index (κ1) is 8.51. The summed E-state index contributed by atoms with van der Waals surface area (Å²) in [6.07, 6.45) is 9.62. The van der Waals surface area contributed by atoms with Gasteiger partial charge in [0.05, 0.1) is 0 Å². The minimum absolute atomic E-state index is 0.365. The SMILES string of the molecule is [3H]C(=O)CC/C=C/CCCCC. The van der Waals surface area contributed by atoms with Crippen LogP contribution in [0.15, 0.2) is 12.2 Å². The van der Waals surface area contributed by atoms with Crippen LogP contribution in [-0.4, -0.2) is 6.26 Å². The average Bonchev–Trinajstić information content (AvgIpc) is 2.02. The maximum atomic E-state index is 10.2. The number of carbonyl (C=O) groups excluding carboxylic acids is 1.